The van der Waals surface area contributed by atoms with Gasteiger partial charge in [0.1, 0.15) is 11.5 Å². The van der Waals surface area contributed by atoms with Gasteiger partial charge in [0, 0.05) is 8.95 Å². The predicted octanol–water partition coefficient (Wildman–Crippen LogP) is 2.69. The molecule has 0 unspecified atom stereocenters. The minimum Gasteiger partial charge on any atom is -0.484 e. The van der Waals surface area contributed by atoms with E-state index in [9.17, 15) is 9.59 Å². The number of thiocarbonyl (C=S) groups is 1. The van der Waals surface area contributed by atoms with Crippen LogP contribution in [-0.2, 0) is 9.59 Å². The van der Waals surface area contributed by atoms with Crippen LogP contribution in [-0.4, -0.2) is 30.1 Å². The Kier molecular flexibility index (Phi) is 8.49. The Bertz CT molecular complexity index is 801. The normalized spacial score (nSPS) is 9.85. The molecule has 0 saturated heterocycles. The molecule has 27 heavy (non-hydrogen) atoms. The summed E-state index contributed by atoms with van der Waals surface area (Å²) in [7, 11) is 0. The summed E-state index contributed by atoms with van der Waals surface area (Å²) in [5.74, 6) is 0.177. The molecule has 0 radical (unpaired) electrons. The number of hydrogen-bond acceptors (Lipinski definition) is 5. The standard InChI is InChI=1S/C17H15Br2N3O4S/c18-11-1-5-13(6-2-11)25-9-15(23)20-17(27)22-21-16(24)10-26-14-7-3-12(19)4-8-14/h1-8H,9-10H2,(H,21,24)(H2,20,22,23,27). The smallest absolute Gasteiger partial charge is 0.276 e. The lowest BCUT2D eigenvalue weighted by Crippen LogP contribution is -2.50. The average Bonchev–Trinajstić information content (AvgIpc) is 2.65. The Morgan fingerprint density at radius 1 is 0.778 bits per heavy atom. The molecule has 0 heterocycles. The van der Waals surface area contributed by atoms with E-state index < -0.39 is 11.8 Å². The maximum absolute atomic E-state index is 11.8. The molecule has 0 aliphatic carbocycles. The molecule has 3 N–H and O–H groups in total. The Balaban J connectivity index is 1.62. The van der Waals surface area contributed by atoms with E-state index in [2.05, 4.69) is 48.0 Å². The van der Waals surface area contributed by atoms with Gasteiger partial charge in [0.05, 0.1) is 0 Å². The van der Waals surface area contributed by atoms with Crippen LogP contribution in [0.15, 0.2) is 57.5 Å². The van der Waals surface area contributed by atoms with Crippen LogP contribution in [0.2, 0.25) is 0 Å². The van der Waals surface area contributed by atoms with Crippen LogP contribution < -0.4 is 25.6 Å². The van der Waals surface area contributed by atoms with Crippen molar-refractivity contribution in [3.05, 3.63) is 57.5 Å². The Morgan fingerprint density at radius 3 is 1.70 bits per heavy atom. The lowest BCUT2D eigenvalue weighted by Gasteiger charge is -2.12. The maximum Gasteiger partial charge on any atom is 0.276 e. The summed E-state index contributed by atoms with van der Waals surface area (Å²) in [4.78, 5) is 23.5. The highest BCUT2D eigenvalue weighted by Crippen LogP contribution is 2.16. The fourth-order valence-electron chi connectivity index (χ4n) is 1.72. The van der Waals surface area contributed by atoms with Crippen LogP contribution in [0.5, 0.6) is 11.5 Å². The van der Waals surface area contributed by atoms with E-state index in [4.69, 9.17) is 21.7 Å². The number of hydrogen-bond donors (Lipinski definition) is 3. The lowest BCUT2D eigenvalue weighted by molar-refractivity contribution is -0.124. The van der Waals surface area contributed by atoms with Crippen LogP contribution in [0.25, 0.3) is 0 Å². The number of halogens is 2. The molecule has 2 aromatic rings. The zero-order valence-corrected chi connectivity index (χ0v) is 17.8. The minimum atomic E-state index is -0.462. The highest BCUT2D eigenvalue weighted by atomic mass is 79.9. The first kappa shape index (κ1) is 21.1. The van der Waals surface area contributed by atoms with Gasteiger partial charge in [-0.3, -0.25) is 25.8 Å². The molecule has 0 aliphatic rings. The highest BCUT2D eigenvalue weighted by Gasteiger charge is 2.08. The monoisotopic (exact) mass is 515 g/mol. The molecule has 2 amide bonds. The molecular weight excluding hydrogens is 502 g/mol. The van der Waals surface area contributed by atoms with E-state index in [1.807, 2.05) is 0 Å². The first-order valence-corrected chi connectivity index (χ1v) is 9.57. The first-order chi connectivity index (χ1) is 12.9. The molecule has 0 aliphatic heterocycles. The van der Waals surface area contributed by atoms with Gasteiger partial charge in [0.15, 0.2) is 18.3 Å². The Labute approximate surface area is 178 Å². The van der Waals surface area contributed by atoms with Gasteiger partial charge >= 0.3 is 0 Å². The van der Waals surface area contributed by atoms with Crippen molar-refractivity contribution in [2.45, 2.75) is 0 Å². The van der Waals surface area contributed by atoms with Crippen molar-refractivity contribution in [2.24, 2.45) is 0 Å². The highest BCUT2D eigenvalue weighted by molar-refractivity contribution is 9.10. The largest absolute Gasteiger partial charge is 0.484 e. The molecule has 0 atom stereocenters. The topological polar surface area (TPSA) is 88.7 Å². The zero-order chi connectivity index (χ0) is 19.6. The van der Waals surface area contributed by atoms with Crippen molar-refractivity contribution in [3.8, 4) is 11.5 Å². The summed E-state index contributed by atoms with van der Waals surface area (Å²) in [5, 5.41) is 2.32. The Morgan fingerprint density at radius 2 is 1.22 bits per heavy atom. The third-order valence-corrected chi connectivity index (χ3v) is 4.20. The number of nitrogens with one attached hydrogen (secondary N) is 3. The van der Waals surface area contributed by atoms with Gasteiger partial charge in [-0.05, 0) is 60.7 Å². The molecule has 142 valence electrons. The molecule has 0 fully saturated rings. The number of benzene rings is 2. The number of carbonyl (C=O) groups is 2. The second-order valence-electron chi connectivity index (χ2n) is 5.04. The summed E-state index contributed by atoms with van der Waals surface area (Å²) >= 11 is 11.5. The van der Waals surface area contributed by atoms with Crippen LogP contribution in [0.4, 0.5) is 0 Å². The second-order valence-corrected chi connectivity index (χ2v) is 7.28. The summed E-state index contributed by atoms with van der Waals surface area (Å²) in [6, 6.07) is 14.1. The summed E-state index contributed by atoms with van der Waals surface area (Å²) in [6.07, 6.45) is 0. The average molecular weight is 517 g/mol. The van der Waals surface area contributed by atoms with Gasteiger partial charge < -0.3 is 9.47 Å². The number of ether oxygens (including phenoxy) is 2. The number of carbonyl (C=O) groups excluding carboxylic acids is 2. The van der Waals surface area contributed by atoms with Gasteiger partial charge in [0.25, 0.3) is 11.8 Å². The van der Waals surface area contributed by atoms with Crippen molar-refractivity contribution >= 4 is 61.0 Å². The van der Waals surface area contributed by atoms with Crippen LogP contribution in [0.3, 0.4) is 0 Å². The molecule has 2 aromatic carbocycles. The first-order valence-electron chi connectivity index (χ1n) is 7.58. The summed E-state index contributed by atoms with van der Waals surface area (Å²) in [6.45, 7) is -0.429. The second kappa shape index (κ2) is 10.9. The Hall–Kier alpha value is -2.17. The quantitative estimate of drug-likeness (QED) is 0.404. The van der Waals surface area contributed by atoms with Crippen molar-refractivity contribution in [2.75, 3.05) is 13.2 Å². The van der Waals surface area contributed by atoms with Gasteiger partial charge in [-0.25, -0.2) is 0 Å². The maximum atomic E-state index is 11.8. The number of amides is 2. The lowest BCUT2D eigenvalue weighted by atomic mass is 10.3. The van der Waals surface area contributed by atoms with Crippen LogP contribution in [0.1, 0.15) is 0 Å². The molecule has 0 spiro atoms. The van der Waals surface area contributed by atoms with E-state index in [1.165, 1.54) is 0 Å². The number of hydrazine groups is 1. The van der Waals surface area contributed by atoms with Crippen molar-refractivity contribution in [3.63, 3.8) is 0 Å². The molecule has 7 nitrogen and oxygen atoms in total. The van der Waals surface area contributed by atoms with Crippen molar-refractivity contribution in [1.82, 2.24) is 16.2 Å². The van der Waals surface area contributed by atoms with E-state index in [1.54, 1.807) is 48.5 Å². The fraction of sp³-hybridized carbons (Fsp3) is 0.118. The predicted molar refractivity (Wildman–Crippen MR) is 111 cm³/mol. The van der Waals surface area contributed by atoms with Gasteiger partial charge in [-0.2, -0.15) is 0 Å². The third kappa shape index (κ3) is 8.37. The van der Waals surface area contributed by atoms with E-state index >= 15 is 0 Å². The number of rotatable bonds is 6. The van der Waals surface area contributed by atoms with Crippen LogP contribution >= 0.6 is 44.1 Å². The van der Waals surface area contributed by atoms with Crippen molar-refractivity contribution in [1.29, 1.82) is 0 Å². The SMILES string of the molecule is O=C(COc1ccc(Br)cc1)NNC(=S)NC(=O)COc1ccc(Br)cc1. The van der Waals surface area contributed by atoms with E-state index in [-0.39, 0.29) is 18.3 Å². The zero-order valence-electron chi connectivity index (χ0n) is 13.8. The molecule has 10 heteroatoms. The fourth-order valence-corrected chi connectivity index (χ4v) is 2.41. The van der Waals surface area contributed by atoms with E-state index in [0.29, 0.717) is 11.5 Å². The molecule has 0 aromatic heterocycles. The summed E-state index contributed by atoms with van der Waals surface area (Å²) in [5.41, 5.74) is 4.74. The molecule has 0 bridgehead atoms. The van der Waals surface area contributed by atoms with Crippen LogP contribution in [0, 0.1) is 0 Å². The van der Waals surface area contributed by atoms with Crippen molar-refractivity contribution < 1.29 is 19.1 Å². The third-order valence-electron chi connectivity index (χ3n) is 2.94. The van der Waals surface area contributed by atoms with Gasteiger partial charge in [-0.15, -0.1) is 0 Å². The molecular formula is C17H15Br2N3O4S. The summed E-state index contributed by atoms with van der Waals surface area (Å²) < 4.78 is 12.4. The minimum absolute atomic E-state index is 0.0589. The molecule has 2 rings (SSSR count). The molecule has 0 saturated carbocycles. The van der Waals surface area contributed by atoms with E-state index in [0.717, 1.165) is 8.95 Å². The van der Waals surface area contributed by atoms with Gasteiger partial charge in [-0.1, -0.05) is 31.9 Å². The van der Waals surface area contributed by atoms with Gasteiger partial charge in [0.2, 0.25) is 0 Å².